The van der Waals surface area contributed by atoms with Crippen molar-refractivity contribution in [1.82, 2.24) is 15.0 Å². The van der Waals surface area contributed by atoms with Crippen molar-refractivity contribution < 1.29 is 23.9 Å². The lowest BCUT2D eigenvalue weighted by atomic mass is 9.97. The number of fused-ring (bicyclic) bond motifs is 1. The summed E-state index contributed by atoms with van der Waals surface area (Å²) >= 11 is 1.23. The van der Waals surface area contributed by atoms with E-state index >= 15 is 0 Å². The molecule has 0 atom stereocenters. The Labute approximate surface area is 250 Å². The minimum absolute atomic E-state index is 0.298. The number of hydrogen-bond donors (Lipinski definition) is 2. The molecule has 5 aromatic rings. The molecule has 43 heavy (non-hydrogen) atoms. The van der Waals surface area contributed by atoms with Crippen LogP contribution in [0.15, 0.2) is 66.9 Å². The van der Waals surface area contributed by atoms with Crippen molar-refractivity contribution in [2.45, 2.75) is 13.8 Å². The highest BCUT2D eigenvalue weighted by Crippen LogP contribution is 2.34. The highest BCUT2D eigenvalue weighted by atomic mass is 32.1. The molecule has 0 saturated carbocycles. The molecule has 5 rings (SSSR count). The van der Waals surface area contributed by atoms with Crippen LogP contribution in [0.2, 0.25) is 0 Å². The van der Waals surface area contributed by atoms with E-state index in [0.29, 0.717) is 60.6 Å². The number of thiazole rings is 1. The number of methoxy groups -OCH3 is 1. The van der Waals surface area contributed by atoms with E-state index in [1.54, 1.807) is 48.5 Å². The lowest BCUT2D eigenvalue weighted by Crippen LogP contribution is -2.19. The van der Waals surface area contributed by atoms with Crippen LogP contribution in [0.5, 0.6) is 5.75 Å². The average molecular weight is 593 g/mol. The first-order valence-corrected chi connectivity index (χ1v) is 13.7. The zero-order valence-corrected chi connectivity index (χ0v) is 24.1. The SMILES string of the molecule is COc1ccc(C#N)cc1-c1cc(C)ncc1C(=O)Nc1nc2ccc(-c3ccc(NC(=O)COC(C)=O)cc3)nc2s1. The van der Waals surface area contributed by atoms with Gasteiger partial charge in [-0.2, -0.15) is 5.26 Å². The molecule has 2 aromatic carbocycles. The van der Waals surface area contributed by atoms with Crippen LogP contribution in [-0.2, 0) is 14.3 Å². The van der Waals surface area contributed by atoms with E-state index in [1.807, 2.05) is 19.1 Å². The molecule has 0 radical (unpaired) electrons. The second kappa shape index (κ2) is 12.5. The number of benzene rings is 2. The van der Waals surface area contributed by atoms with E-state index in [9.17, 15) is 19.6 Å². The van der Waals surface area contributed by atoms with Gasteiger partial charge >= 0.3 is 5.97 Å². The summed E-state index contributed by atoms with van der Waals surface area (Å²) in [7, 11) is 1.53. The predicted octanol–water partition coefficient (Wildman–Crippen LogP) is 5.36. The minimum Gasteiger partial charge on any atom is -0.496 e. The summed E-state index contributed by atoms with van der Waals surface area (Å²) in [6, 6.07) is 19.6. The normalized spacial score (nSPS) is 10.6. The Morgan fingerprint density at radius 3 is 2.49 bits per heavy atom. The largest absolute Gasteiger partial charge is 0.496 e. The standard InChI is InChI=1S/C31H24N6O5S/c1-17-12-22(23-13-19(14-32)4-11-27(23)41-3)24(15-33-17)29(40)37-31-36-26-10-9-25(35-30(26)43-31)20-5-7-21(8-6-20)34-28(39)16-42-18(2)38/h4-13,15H,16H2,1-3H3,(H,34,39)(H,36,37,40). The molecule has 0 unspecified atom stereocenters. The number of aromatic nitrogens is 3. The summed E-state index contributed by atoms with van der Waals surface area (Å²) in [6.07, 6.45) is 1.49. The van der Waals surface area contributed by atoms with Gasteiger partial charge in [0.1, 0.15) is 16.1 Å². The first kappa shape index (κ1) is 28.8. The molecular formula is C31H24N6O5S. The van der Waals surface area contributed by atoms with Crippen LogP contribution in [0.3, 0.4) is 0 Å². The Hall–Kier alpha value is -5.67. The first-order valence-electron chi connectivity index (χ1n) is 12.9. The van der Waals surface area contributed by atoms with Gasteiger partial charge in [-0.05, 0) is 55.5 Å². The molecular weight excluding hydrogens is 568 g/mol. The number of pyridine rings is 2. The van der Waals surface area contributed by atoms with Gasteiger partial charge in [0.25, 0.3) is 11.8 Å². The average Bonchev–Trinajstić information content (AvgIpc) is 3.41. The number of amides is 2. The van der Waals surface area contributed by atoms with Crippen molar-refractivity contribution in [3.63, 3.8) is 0 Å². The fourth-order valence-corrected chi connectivity index (χ4v) is 5.07. The van der Waals surface area contributed by atoms with Gasteiger partial charge in [0.2, 0.25) is 0 Å². The first-order chi connectivity index (χ1) is 20.7. The molecule has 2 amide bonds. The molecule has 0 spiro atoms. The number of ether oxygens (including phenoxy) is 2. The number of esters is 1. The molecule has 2 N–H and O–H groups in total. The van der Waals surface area contributed by atoms with Gasteiger partial charge < -0.3 is 14.8 Å². The summed E-state index contributed by atoms with van der Waals surface area (Å²) in [4.78, 5) is 50.4. The predicted molar refractivity (Wildman–Crippen MR) is 162 cm³/mol. The molecule has 0 aliphatic rings. The Bertz CT molecular complexity index is 1910. The van der Waals surface area contributed by atoms with Gasteiger partial charge in [-0.15, -0.1) is 0 Å². The number of nitriles is 1. The van der Waals surface area contributed by atoms with E-state index in [4.69, 9.17) is 14.5 Å². The third-order valence-electron chi connectivity index (χ3n) is 6.25. The number of rotatable bonds is 8. The molecule has 214 valence electrons. The fraction of sp³-hybridized carbons (Fsp3) is 0.129. The Morgan fingerprint density at radius 2 is 1.77 bits per heavy atom. The molecule has 0 aliphatic carbocycles. The molecule has 3 heterocycles. The van der Waals surface area contributed by atoms with Crippen molar-refractivity contribution in [2.24, 2.45) is 0 Å². The third kappa shape index (κ3) is 6.64. The topological polar surface area (TPSA) is 156 Å². The number of carbonyl (C=O) groups is 3. The van der Waals surface area contributed by atoms with Crippen molar-refractivity contribution in [2.75, 3.05) is 24.4 Å². The molecule has 3 aromatic heterocycles. The highest BCUT2D eigenvalue weighted by Gasteiger charge is 2.19. The Kier molecular flexibility index (Phi) is 8.36. The van der Waals surface area contributed by atoms with Crippen LogP contribution in [0.1, 0.15) is 28.5 Å². The fourth-order valence-electron chi connectivity index (χ4n) is 4.24. The van der Waals surface area contributed by atoms with Crippen LogP contribution in [0.4, 0.5) is 10.8 Å². The highest BCUT2D eigenvalue weighted by molar-refractivity contribution is 7.22. The van der Waals surface area contributed by atoms with Crippen LogP contribution >= 0.6 is 11.3 Å². The van der Waals surface area contributed by atoms with Crippen LogP contribution < -0.4 is 15.4 Å². The van der Waals surface area contributed by atoms with Gasteiger partial charge in [0, 0.05) is 41.2 Å². The summed E-state index contributed by atoms with van der Waals surface area (Å²) in [6.45, 7) is 2.70. The number of nitrogens with zero attached hydrogens (tertiary/aromatic N) is 4. The summed E-state index contributed by atoms with van der Waals surface area (Å²) in [5.41, 5.74) is 5.26. The molecule has 0 aliphatic heterocycles. The lowest BCUT2D eigenvalue weighted by molar-refractivity contribution is -0.144. The number of hydrogen-bond acceptors (Lipinski definition) is 10. The van der Waals surface area contributed by atoms with Crippen molar-refractivity contribution in [3.05, 3.63) is 83.7 Å². The Morgan fingerprint density at radius 1 is 0.977 bits per heavy atom. The van der Waals surface area contributed by atoms with Gasteiger partial charge in [0.15, 0.2) is 11.7 Å². The third-order valence-corrected chi connectivity index (χ3v) is 7.13. The number of anilines is 2. The molecule has 0 fully saturated rings. The number of nitrogens with one attached hydrogen (secondary N) is 2. The van der Waals surface area contributed by atoms with Gasteiger partial charge in [-0.25, -0.2) is 9.97 Å². The smallest absolute Gasteiger partial charge is 0.303 e. The second-order valence-electron chi connectivity index (χ2n) is 9.30. The van der Waals surface area contributed by atoms with E-state index in [-0.39, 0.29) is 6.61 Å². The zero-order chi connectivity index (χ0) is 30.5. The molecule has 11 nitrogen and oxygen atoms in total. The lowest BCUT2D eigenvalue weighted by Gasteiger charge is -2.13. The Balaban J connectivity index is 1.36. The summed E-state index contributed by atoms with van der Waals surface area (Å²) in [5, 5.41) is 15.3. The van der Waals surface area contributed by atoms with Crippen LogP contribution in [0.25, 0.3) is 32.7 Å². The quantitative estimate of drug-likeness (QED) is 0.226. The van der Waals surface area contributed by atoms with Crippen molar-refractivity contribution in [3.8, 4) is 34.2 Å². The maximum atomic E-state index is 13.5. The minimum atomic E-state index is -0.530. The number of carbonyl (C=O) groups excluding carboxylic acids is 3. The maximum Gasteiger partial charge on any atom is 0.303 e. The summed E-state index contributed by atoms with van der Waals surface area (Å²) in [5.74, 6) is -0.868. The monoisotopic (exact) mass is 592 g/mol. The van der Waals surface area contributed by atoms with Crippen molar-refractivity contribution >= 4 is 50.3 Å². The van der Waals surface area contributed by atoms with Crippen molar-refractivity contribution in [1.29, 1.82) is 5.26 Å². The van der Waals surface area contributed by atoms with Gasteiger partial charge in [-0.3, -0.25) is 24.7 Å². The van der Waals surface area contributed by atoms with Gasteiger partial charge in [-0.1, -0.05) is 23.5 Å². The van der Waals surface area contributed by atoms with Crippen LogP contribution in [0, 0.1) is 18.3 Å². The summed E-state index contributed by atoms with van der Waals surface area (Å²) < 4.78 is 10.2. The van der Waals surface area contributed by atoms with Crippen LogP contribution in [-0.4, -0.2) is 46.5 Å². The van der Waals surface area contributed by atoms with E-state index in [2.05, 4.69) is 26.7 Å². The van der Waals surface area contributed by atoms with E-state index in [0.717, 1.165) is 5.56 Å². The zero-order valence-electron chi connectivity index (χ0n) is 23.3. The van der Waals surface area contributed by atoms with E-state index in [1.165, 1.54) is 31.6 Å². The second-order valence-corrected chi connectivity index (χ2v) is 10.3. The van der Waals surface area contributed by atoms with Gasteiger partial charge in [0.05, 0.1) is 30.0 Å². The number of aryl methyl sites for hydroxylation is 1. The molecule has 0 bridgehead atoms. The van der Waals surface area contributed by atoms with E-state index < -0.39 is 17.8 Å². The maximum absolute atomic E-state index is 13.5. The molecule has 12 heteroatoms. The molecule has 0 saturated heterocycles.